The second-order valence-electron chi connectivity index (χ2n) is 3.57. The molecule has 1 N–H and O–H groups in total. The first-order valence-electron chi connectivity index (χ1n) is 5.13. The third-order valence-corrected chi connectivity index (χ3v) is 3.68. The fourth-order valence-corrected chi connectivity index (χ4v) is 2.52. The van der Waals surface area contributed by atoms with E-state index in [1.165, 1.54) is 17.4 Å². The number of benzene rings is 1. The number of aromatic carboxylic acids is 1. The van der Waals surface area contributed by atoms with E-state index in [9.17, 15) is 4.79 Å². The fraction of sp³-hybridized carbons (Fsp3) is 0.167. The minimum atomic E-state index is -1.01. The maximum atomic E-state index is 11.1. The first kappa shape index (κ1) is 13.0. The van der Waals surface area contributed by atoms with Crippen LogP contribution in [-0.2, 0) is 6.61 Å². The molecule has 0 spiro atoms. The normalized spacial score (nSPS) is 10.3. The Morgan fingerprint density at radius 1 is 1.56 bits per heavy atom. The van der Waals surface area contributed by atoms with Crippen molar-refractivity contribution in [1.82, 2.24) is 4.98 Å². The summed E-state index contributed by atoms with van der Waals surface area (Å²) in [5, 5.41) is 11.9. The summed E-state index contributed by atoms with van der Waals surface area (Å²) in [6.45, 7) is 2.17. The second-order valence-corrected chi connectivity index (χ2v) is 5.48. The Labute approximate surface area is 116 Å². The van der Waals surface area contributed by atoms with Crippen molar-refractivity contribution >= 4 is 33.2 Å². The van der Waals surface area contributed by atoms with Crippen LogP contribution >= 0.6 is 27.3 Å². The number of ether oxygens (including phenoxy) is 1. The van der Waals surface area contributed by atoms with Crippen molar-refractivity contribution in [3.05, 3.63) is 44.3 Å². The Morgan fingerprint density at radius 2 is 2.33 bits per heavy atom. The predicted octanol–water partition coefficient (Wildman–Crippen LogP) is 3.49. The minimum Gasteiger partial charge on any atom is -0.485 e. The first-order valence-corrected chi connectivity index (χ1v) is 6.81. The standard InChI is InChI=1S/C12H10BrNO3S/c1-7-14-8(6-18-7)5-17-11-9(12(15)16)3-2-4-10(11)13/h2-4,6H,5H2,1H3,(H,15,16). The Morgan fingerprint density at radius 3 is 2.94 bits per heavy atom. The molecule has 94 valence electrons. The van der Waals surface area contributed by atoms with Gasteiger partial charge in [0.05, 0.1) is 15.2 Å². The number of para-hydroxylation sites is 1. The van der Waals surface area contributed by atoms with E-state index in [1.807, 2.05) is 12.3 Å². The average Bonchev–Trinajstić information content (AvgIpc) is 2.73. The van der Waals surface area contributed by atoms with E-state index in [4.69, 9.17) is 9.84 Å². The topological polar surface area (TPSA) is 59.4 Å². The van der Waals surface area contributed by atoms with Gasteiger partial charge < -0.3 is 9.84 Å². The second kappa shape index (κ2) is 5.49. The van der Waals surface area contributed by atoms with Gasteiger partial charge in [-0.3, -0.25) is 0 Å². The van der Waals surface area contributed by atoms with Crippen molar-refractivity contribution in [2.75, 3.05) is 0 Å². The molecule has 0 saturated heterocycles. The molecule has 2 rings (SSSR count). The van der Waals surface area contributed by atoms with Crippen molar-refractivity contribution in [3.63, 3.8) is 0 Å². The summed E-state index contributed by atoms with van der Waals surface area (Å²) in [5.74, 6) is -0.684. The largest absolute Gasteiger partial charge is 0.485 e. The van der Waals surface area contributed by atoms with Crippen LogP contribution in [0.1, 0.15) is 21.1 Å². The fourth-order valence-electron chi connectivity index (χ4n) is 1.44. The summed E-state index contributed by atoms with van der Waals surface area (Å²) in [7, 11) is 0. The van der Waals surface area contributed by atoms with Crippen molar-refractivity contribution in [2.24, 2.45) is 0 Å². The van der Waals surface area contributed by atoms with Gasteiger partial charge in [-0.1, -0.05) is 6.07 Å². The Balaban J connectivity index is 2.20. The molecule has 1 aromatic carbocycles. The lowest BCUT2D eigenvalue weighted by molar-refractivity contribution is 0.0691. The Kier molecular flexibility index (Phi) is 3.98. The summed E-state index contributed by atoms with van der Waals surface area (Å²) < 4.78 is 6.16. The SMILES string of the molecule is Cc1nc(COc2c(Br)cccc2C(=O)O)cs1. The number of aromatic nitrogens is 1. The van der Waals surface area contributed by atoms with Crippen LogP contribution in [0.4, 0.5) is 0 Å². The van der Waals surface area contributed by atoms with Crippen molar-refractivity contribution in [2.45, 2.75) is 13.5 Å². The van der Waals surface area contributed by atoms with Gasteiger partial charge in [0.25, 0.3) is 0 Å². The zero-order chi connectivity index (χ0) is 13.1. The van der Waals surface area contributed by atoms with Gasteiger partial charge in [-0.2, -0.15) is 0 Å². The van der Waals surface area contributed by atoms with Gasteiger partial charge in [-0.15, -0.1) is 11.3 Å². The molecule has 18 heavy (non-hydrogen) atoms. The van der Waals surface area contributed by atoms with E-state index < -0.39 is 5.97 Å². The molecule has 0 aliphatic rings. The Bertz CT molecular complexity index is 582. The summed E-state index contributed by atoms with van der Waals surface area (Å²) in [4.78, 5) is 15.3. The molecule has 0 unspecified atom stereocenters. The van der Waals surface area contributed by atoms with Crippen LogP contribution in [0.2, 0.25) is 0 Å². The molecule has 4 nitrogen and oxygen atoms in total. The average molecular weight is 328 g/mol. The summed E-state index contributed by atoms with van der Waals surface area (Å²) in [6, 6.07) is 4.91. The zero-order valence-corrected chi connectivity index (χ0v) is 11.9. The number of halogens is 1. The molecule has 1 aromatic heterocycles. The van der Waals surface area contributed by atoms with E-state index in [-0.39, 0.29) is 12.2 Å². The number of carboxylic acid groups (broad SMARTS) is 1. The number of rotatable bonds is 4. The van der Waals surface area contributed by atoms with E-state index in [0.29, 0.717) is 10.2 Å². The molecule has 1 heterocycles. The van der Waals surface area contributed by atoms with Crippen molar-refractivity contribution in [3.8, 4) is 5.75 Å². The number of hydrogen-bond acceptors (Lipinski definition) is 4. The Hall–Kier alpha value is -1.40. The number of hydrogen-bond donors (Lipinski definition) is 1. The van der Waals surface area contributed by atoms with Gasteiger partial charge in [0.2, 0.25) is 0 Å². The molecular formula is C12H10BrNO3S. The maximum absolute atomic E-state index is 11.1. The first-order chi connectivity index (χ1) is 8.58. The highest BCUT2D eigenvalue weighted by molar-refractivity contribution is 9.10. The van der Waals surface area contributed by atoms with Crippen LogP contribution in [0, 0.1) is 6.92 Å². The summed E-state index contributed by atoms with van der Waals surface area (Å²) in [6.07, 6.45) is 0. The van der Waals surface area contributed by atoms with Crippen LogP contribution in [0.15, 0.2) is 28.1 Å². The number of aryl methyl sites for hydroxylation is 1. The number of thiazole rings is 1. The van der Waals surface area contributed by atoms with Crippen LogP contribution in [0.5, 0.6) is 5.75 Å². The highest BCUT2D eigenvalue weighted by Crippen LogP contribution is 2.29. The molecule has 6 heteroatoms. The molecule has 2 aromatic rings. The van der Waals surface area contributed by atoms with Crippen molar-refractivity contribution < 1.29 is 14.6 Å². The number of carboxylic acids is 1. The molecule has 0 aliphatic heterocycles. The summed E-state index contributed by atoms with van der Waals surface area (Å²) >= 11 is 4.82. The number of carbonyl (C=O) groups is 1. The van der Waals surface area contributed by atoms with E-state index >= 15 is 0 Å². The molecule has 0 amide bonds. The molecule has 0 radical (unpaired) electrons. The van der Waals surface area contributed by atoms with Crippen LogP contribution in [0.3, 0.4) is 0 Å². The monoisotopic (exact) mass is 327 g/mol. The van der Waals surface area contributed by atoms with Gasteiger partial charge in [0.15, 0.2) is 0 Å². The van der Waals surface area contributed by atoms with Crippen LogP contribution < -0.4 is 4.74 Å². The van der Waals surface area contributed by atoms with E-state index in [2.05, 4.69) is 20.9 Å². The lowest BCUT2D eigenvalue weighted by atomic mass is 10.2. The molecule has 0 bridgehead atoms. The smallest absolute Gasteiger partial charge is 0.339 e. The van der Waals surface area contributed by atoms with Gasteiger partial charge in [-0.25, -0.2) is 9.78 Å². The predicted molar refractivity (Wildman–Crippen MR) is 72.3 cm³/mol. The molecule has 0 fully saturated rings. The molecule has 0 saturated carbocycles. The zero-order valence-electron chi connectivity index (χ0n) is 9.51. The van der Waals surface area contributed by atoms with Crippen LogP contribution in [-0.4, -0.2) is 16.1 Å². The van der Waals surface area contributed by atoms with Crippen molar-refractivity contribution in [1.29, 1.82) is 0 Å². The van der Waals surface area contributed by atoms with Gasteiger partial charge in [-0.05, 0) is 35.0 Å². The van der Waals surface area contributed by atoms with Gasteiger partial charge in [0, 0.05) is 5.38 Å². The third-order valence-electron chi connectivity index (χ3n) is 2.23. The van der Waals surface area contributed by atoms with E-state index in [1.54, 1.807) is 12.1 Å². The van der Waals surface area contributed by atoms with Crippen LogP contribution in [0.25, 0.3) is 0 Å². The van der Waals surface area contributed by atoms with Gasteiger partial charge in [0.1, 0.15) is 17.9 Å². The lowest BCUT2D eigenvalue weighted by Gasteiger charge is -2.09. The number of nitrogens with zero attached hydrogens (tertiary/aromatic N) is 1. The van der Waals surface area contributed by atoms with E-state index in [0.717, 1.165) is 10.7 Å². The molecular weight excluding hydrogens is 318 g/mol. The lowest BCUT2D eigenvalue weighted by Crippen LogP contribution is -2.04. The highest BCUT2D eigenvalue weighted by atomic mass is 79.9. The highest BCUT2D eigenvalue weighted by Gasteiger charge is 2.14. The van der Waals surface area contributed by atoms with Gasteiger partial charge >= 0.3 is 5.97 Å². The summed E-state index contributed by atoms with van der Waals surface area (Å²) in [5.41, 5.74) is 0.931. The maximum Gasteiger partial charge on any atom is 0.339 e. The third kappa shape index (κ3) is 2.88. The molecule has 0 aliphatic carbocycles. The minimum absolute atomic E-state index is 0.135. The molecule has 0 atom stereocenters. The quantitative estimate of drug-likeness (QED) is 0.933.